The molecule has 0 aromatic rings. The Morgan fingerprint density at radius 3 is 2.38 bits per heavy atom. The molecule has 0 spiro atoms. The van der Waals surface area contributed by atoms with Crippen LogP contribution in [0.15, 0.2) is 0 Å². The van der Waals surface area contributed by atoms with E-state index in [1.54, 1.807) is 13.8 Å². The van der Waals surface area contributed by atoms with E-state index in [-0.39, 0.29) is 12.6 Å². The quantitative estimate of drug-likeness (QED) is 0.389. The molecule has 0 aliphatic rings. The minimum absolute atomic E-state index is 0.126. The Hall–Kier alpha value is -0.270. The molecule has 0 unspecified atom stereocenters. The van der Waals surface area contributed by atoms with Crippen molar-refractivity contribution in [2.24, 2.45) is 5.41 Å². The van der Waals surface area contributed by atoms with Crippen LogP contribution in [0.4, 0.5) is 0 Å². The van der Waals surface area contributed by atoms with Gasteiger partial charge in [0, 0.05) is 11.5 Å². The predicted molar refractivity (Wildman–Crippen MR) is 63.9 cm³/mol. The summed E-state index contributed by atoms with van der Waals surface area (Å²) in [6.45, 7) is 3.69. The van der Waals surface area contributed by atoms with Crippen molar-refractivity contribution in [1.29, 1.82) is 0 Å². The predicted octanol–water partition coefficient (Wildman–Crippen LogP) is 0.895. The maximum absolute atomic E-state index is 11.3. The van der Waals surface area contributed by atoms with Gasteiger partial charge in [-0.1, -0.05) is 0 Å². The molecule has 0 rings (SSSR count). The van der Waals surface area contributed by atoms with Crippen LogP contribution in [0.1, 0.15) is 13.8 Å². The zero-order chi connectivity index (χ0) is 12.8. The first-order valence-corrected chi connectivity index (χ1v) is 7.67. The van der Waals surface area contributed by atoms with Crippen LogP contribution in [0.5, 0.6) is 0 Å². The van der Waals surface area contributed by atoms with Gasteiger partial charge < -0.3 is 4.74 Å². The minimum Gasteiger partial charge on any atom is -0.469 e. The van der Waals surface area contributed by atoms with Crippen molar-refractivity contribution in [2.45, 2.75) is 13.8 Å². The third kappa shape index (κ3) is 7.08. The van der Waals surface area contributed by atoms with Crippen LogP contribution < -0.4 is 0 Å². The molecule has 96 valence electrons. The number of thioether (sulfide) groups is 1. The van der Waals surface area contributed by atoms with Crippen LogP contribution in [0.3, 0.4) is 0 Å². The summed E-state index contributed by atoms with van der Waals surface area (Å²) < 4.78 is 30.5. The number of carbonyl (C=O) groups is 1. The maximum Gasteiger partial charge on any atom is 0.312 e. The van der Waals surface area contributed by atoms with Gasteiger partial charge in [-0.3, -0.25) is 8.98 Å². The topological polar surface area (TPSA) is 69.7 Å². The molecule has 0 aromatic heterocycles. The van der Waals surface area contributed by atoms with Crippen LogP contribution in [0, 0.1) is 5.41 Å². The fraction of sp³-hybridized carbons (Fsp3) is 0.889. The van der Waals surface area contributed by atoms with Crippen molar-refractivity contribution in [1.82, 2.24) is 0 Å². The van der Waals surface area contributed by atoms with Crippen LogP contribution in [0.2, 0.25) is 0 Å². The lowest BCUT2D eigenvalue weighted by Crippen LogP contribution is -2.28. The number of rotatable bonds is 7. The van der Waals surface area contributed by atoms with E-state index >= 15 is 0 Å². The first-order chi connectivity index (χ1) is 7.19. The number of hydrogen-bond acceptors (Lipinski definition) is 6. The molecule has 0 aliphatic carbocycles. The number of hydrogen-bond donors (Lipinski definition) is 0. The average Bonchev–Trinajstić information content (AvgIpc) is 2.14. The van der Waals surface area contributed by atoms with E-state index in [0.717, 1.165) is 6.26 Å². The number of carbonyl (C=O) groups excluding carboxylic acids is 1. The van der Waals surface area contributed by atoms with Gasteiger partial charge in [0.05, 0.1) is 25.4 Å². The molecule has 16 heavy (non-hydrogen) atoms. The van der Waals surface area contributed by atoms with E-state index in [4.69, 9.17) is 0 Å². The van der Waals surface area contributed by atoms with Crippen molar-refractivity contribution in [2.75, 3.05) is 31.5 Å². The Kier molecular flexibility index (Phi) is 6.35. The lowest BCUT2D eigenvalue weighted by Gasteiger charge is -2.20. The molecule has 0 heterocycles. The minimum atomic E-state index is -3.37. The highest BCUT2D eigenvalue weighted by atomic mass is 32.2. The van der Waals surface area contributed by atoms with Crippen molar-refractivity contribution < 1.29 is 22.1 Å². The van der Waals surface area contributed by atoms with Crippen LogP contribution in [-0.2, 0) is 23.8 Å². The molecular weight excluding hydrogens is 252 g/mol. The first kappa shape index (κ1) is 15.7. The summed E-state index contributed by atoms with van der Waals surface area (Å²) in [5.74, 6) is 0.810. The van der Waals surface area contributed by atoms with E-state index in [9.17, 15) is 13.2 Å². The van der Waals surface area contributed by atoms with Gasteiger partial charge in [-0.15, -0.1) is 0 Å². The summed E-state index contributed by atoms with van der Waals surface area (Å²) in [7, 11) is -2.02. The zero-order valence-corrected chi connectivity index (χ0v) is 11.6. The molecule has 0 aromatic carbocycles. The highest BCUT2D eigenvalue weighted by Crippen LogP contribution is 2.23. The van der Waals surface area contributed by atoms with Crippen molar-refractivity contribution in [3.63, 3.8) is 0 Å². The summed E-state index contributed by atoms with van der Waals surface area (Å²) in [4.78, 5) is 11.3. The highest BCUT2D eigenvalue weighted by molar-refractivity contribution is 7.99. The van der Waals surface area contributed by atoms with Gasteiger partial charge in [-0.2, -0.15) is 20.2 Å². The highest BCUT2D eigenvalue weighted by Gasteiger charge is 2.28. The Bertz CT molecular complexity index is 321. The second-order valence-corrected chi connectivity index (χ2v) is 6.70. The fourth-order valence-corrected chi connectivity index (χ4v) is 2.37. The third-order valence-electron chi connectivity index (χ3n) is 1.73. The van der Waals surface area contributed by atoms with Crippen molar-refractivity contribution in [3.8, 4) is 0 Å². The Morgan fingerprint density at radius 1 is 1.38 bits per heavy atom. The smallest absolute Gasteiger partial charge is 0.312 e. The van der Waals surface area contributed by atoms with Gasteiger partial charge in [0.25, 0.3) is 10.1 Å². The summed E-state index contributed by atoms with van der Waals surface area (Å²) in [5.41, 5.74) is -0.565. The Morgan fingerprint density at radius 2 is 1.94 bits per heavy atom. The molecular formula is C9H18O5S2. The molecule has 0 saturated carbocycles. The van der Waals surface area contributed by atoms with Gasteiger partial charge in [0.2, 0.25) is 0 Å². The van der Waals surface area contributed by atoms with Gasteiger partial charge in [-0.05, 0) is 13.8 Å². The number of ether oxygens (including phenoxy) is 1. The van der Waals surface area contributed by atoms with Crippen LogP contribution >= 0.6 is 11.8 Å². The van der Waals surface area contributed by atoms with Gasteiger partial charge >= 0.3 is 5.97 Å². The second-order valence-electron chi connectivity index (χ2n) is 3.95. The number of methoxy groups -OCH3 is 1. The molecule has 0 N–H and O–H groups in total. The summed E-state index contributed by atoms with van der Waals surface area (Å²) in [5, 5.41) is 0. The second kappa shape index (κ2) is 6.46. The van der Waals surface area contributed by atoms with Gasteiger partial charge in [0.1, 0.15) is 0 Å². The molecule has 7 heteroatoms. The standard InChI is InChI=1S/C9H18O5S2/c1-9(2,8(10)13-3)7-15-6-5-14-16(4,11)12/h5-7H2,1-4H3. The third-order valence-corrected chi connectivity index (χ3v) is 3.70. The first-order valence-electron chi connectivity index (χ1n) is 4.69. The molecule has 5 nitrogen and oxygen atoms in total. The average molecular weight is 270 g/mol. The SMILES string of the molecule is COC(=O)C(C)(C)CSCCOS(C)(=O)=O. The van der Waals surface area contributed by atoms with E-state index in [1.807, 2.05) is 0 Å². The van der Waals surface area contributed by atoms with E-state index in [1.165, 1.54) is 18.9 Å². The normalized spacial score (nSPS) is 12.5. The maximum atomic E-state index is 11.3. The summed E-state index contributed by atoms with van der Waals surface area (Å²) >= 11 is 1.45. The van der Waals surface area contributed by atoms with Crippen molar-refractivity contribution in [3.05, 3.63) is 0 Å². The largest absolute Gasteiger partial charge is 0.469 e. The Balaban J connectivity index is 3.78. The molecule has 0 amide bonds. The molecule has 0 atom stereocenters. The lowest BCUT2D eigenvalue weighted by atomic mass is 9.97. The Labute approximate surface area is 101 Å². The molecule has 0 fully saturated rings. The monoisotopic (exact) mass is 270 g/mol. The molecule has 0 saturated heterocycles. The van der Waals surface area contributed by atoms with E-state index in [0.29, 0.717) is 11.5 Å². The lowest BCUT2D eigenvalue weighted by molar-refractivity contribution is -0.149. The van der Waals surface area contributed by atoms with E-state index < -0.39 is 15.5 Å². The van der Waals surface area contributed by atoms with Gasteiger partial charge in [-0.25, -0.2) is 0 Å². The summed E-state index contributed by atoms with van der Waals surface area (Å²) in [6, 6.07) is 0. The van der Waals surface area contributed by atoms with E-state index in [2.05, 4.69) is 8.92 Å². The molecule has 0 aliphatic heterocycles. The molecule has 0 bridgehead atoms. The van der Waals surface area contributed by atoms with Crippen molar-refractivity contribution >= 4 is 27.8 Å². The van der Waals surface area contributed by atoms with Crippen LogP contribution in [-0.4, -0.2) is 45.9 Å². The number of esters is 1. The fourth-order valence-electron chi connectivity index (χ4n) is 0.907. The van der Waals surface area contributed by atoms with Gasteiger partial charge in [0.15, 0.2) is 0 Å². The molecule has 0 radical (unpaired) electrons. The summed E-state index contributed by atoms with van der Waals surface area (Å²) in [6.07, 6.45) is 1.01. The van der Waals surface area contributed by atoms with Crippen LogP contribution in [0.25, 0.3) is 0 Å². The zero-order valence-electron chi connectivity index (χ0n) is 9.98.